The summed E-state index contributed by atoms with van der Waals surface area (Å²) in [5.41, 5.74) is 5.32. The second kappa shape index (κ2) is 20.6. The molecule has 0 aromatic heterocycles. The zero-order valence-corrected chi connectivity index (χ0v) is 23.7. The molecule has 0 radical (unpaired) electrons. The lowest BCUT2D eigenvalue weighted by Gasteiger charge is -2.25. The van der Waals surface area contributed by atoms with E-state index in [1.165, 1.54) is 18.7 Å². The van der Waals surface area contributed by atoms with Gasteiger partial charge in [-0.1, -0.05) is 6.92 Å². The van der Waals surface area contributed by atoms with Crippen LogP contribution in [0.5, 0.6) is 0 Å². The lowest BCUT2D eigenvalue weighted by molar-refractivity contribution is -0.154. The molecule has 6 atom stereocenters. The average Bonchev–Trinajstić information content (AvgIpc) is 2.90. The Bertz CT molecular complexity index is 795. The zero-order valence-electron chi connectivity index (χ0n) is 22.1. The zero-order chi connectivity index (χ0) is 30.8. The number of hydrogen-bond acceptors (Lipinski definition) is 13. The molecule has 0 aromatic carbocycles. The van der Waals surface area contributed by atoms with Gasteiger partial charge in [-0.25, -0.2) is 0 Å². The van der Waals surface area contributed by atoms with Crippen LogP contribution in [0.15, 0.2) is 0 Å². The third-order valence-electron chi connectivity index (χ3n) is 5.35. The van der Waals surface area contributed by atoms with E-state index in [2.05, 4.69) is 10.6 Å². The van der Waals surface area contributed by atoms with Crippen molar-refractivity contribution in [1.29, 1.82) is 0 Å². The van der Waals surface area contributed by atoms with Crippen LogP contribution < -0.4 is 16.4 Å². The molecule has 2 amide bonds. The van der Waals surface area contributed by atoms with Crippen LogP contribution in [0, 0.1) is 5.92 Å². The van der Waals surface area contributed by atoms with Crippen molar-refractivity contribution in [1.82, 2.24) is 10.6 Å². The number of nitrogens with one attached hydrogen (secondary N) is 2. The number of ketones is 2. The summed E-state index contributed by atoms with van der Waals surface area (Å²) >= 11 is 2.20. The number of hydrogen-bond donors (Lipinski definition) is 9. The number of rotatable bonds is 23. The number of Topliss-reactive ketones (excluding diaryl/α,β-unsaturated/α-hetero) is 2. The number of carbonyl (C=O) groups is 6. The maximum absolute atomic E-state index is 12.1. The molecule has 0 heterocycles. The summed E-state index contributed by atoms with van der Waals surface area (Å²) in [6.07, 6.45) is -8.59. The molecule has 17 heteroatoms. The van der Waals surface area contributed by atoms with Crippen molar-refractivity contribution in [2.75, 3.05) is 36.1 Å². The molecule has 0 rings (SSSR count). The summed E-state index contributed by atoms with van der Waals surface area (Å²) in [6, 6.07) is -1.10. The van der Waals surface area contributed by atoms with Crippen LogP contribution in [-0.4, -0.2) is 133 Å². The molecule has 0 saturated heterocycles. The highest BCUT2D eigenvalue weighted by molar-refractivity contribution is 8.00. The third kappa shape index (κ3) is 16.1. The average molecular weight is 614 g/mol. The maximum Gasteiger partial charge on any atom is 0.321 e. The van der Waals surface area contributed by atoms with E-state index in [1.54, 1.807) is 0 Å². The fourth-order valence-electron chi connectivity index (χ4n) is 2.85. The highest BCUT2D eigenvalue weighted by atomic mass is 32.2. The van der Waals surface area contributed by atoms with Gasteiger partial charge in [-0.2, -0.15) is 11.8 Å². The molecule has 40 heavy (non-hydrogen) atoms. The minimum atomic E-state index is -2.19. The highest BCUT2D eigenvalue weighted by Crippen LogP contribution is 2.11. The fraction of sp³-hybridized carbons (Fsp3) is 0.739. The van der Waals surface area contributed by atoms with Gasteiger partial charge in [-0.15, -0.1) is 11.8 Å². The molecule has 0 aliphatic rings. The van der Waals surface area contributed by atoms with Crippen molar-refractivity contribution < 1.29 is 59.4 Å². The van der Waals surface area contributed by atoms with E-state index in [0.717, 1.165) is 11.8 Å². The first kappa shape index (κ1) is 37.7. The predicted octanol–water partition coefficient (Wildman–Crippen LogP) is -3.04. The Morgan fingerprint density at radius 3 is 1.90 bits per heavy atom. The first-order valence-corrected chi connectivity index (χ1v) is 14.7. The minimum Gasteiger partial charge on any atom is -0.481 e. The van der Waals surface area contributed by atoms with Crippen molar-refractivity contribution in [2.45, 2.75) is 63.1 Å². The van der Waals surface area contributed by atoms with E-state index in [1.807, 2.05) is 0 Å². The van der Waals surface area contributed by atoms with E-state index in [-0.39, 0.29) is 67.6 Å². The van der Waals surface area contributed by atoms with Gasteiger partial charge in [0.25, 0.3) is 5.91 Å². The Balaban J connectivity index is 4.25. The molecule has 230 valence electrons. The summed E-state index contributed by atoms with van der Waals surface area (Å²) in [5.74, 6) is -4.93. The summed E-state index contributed by atoms with van der Waals surface area (Å²) in [7, 11) is 0. The fourth-order valence-corrected chi connectivity index (χ4v) is 4.64. The van der Waals surface area contributed by atoms with E-state index >= 15 is 0 Å². The van der Waals surface area contributed by atoms with E-state index in [9.17, 15) is 49.2 Å². The van der Waals surface area contributed by atoms with Crippen molar-refractivity contribution in [3.05, 3.63) is 0 Å². The van der Waals surface area contributed by atoms with E-state index in [4.69, 9.17) is 15.9 Å². The Morgan fingerprint density at radius 2 is 1.30 bits per heavy atom. The Kier molecular flexibility index (Phi) is 19.4. The number of carboxylic acids is 2. The SMILES string of the molecule is CC(CSCC(=O)CCCNC(=O)[C@@H](O)[C@H](O)[C@H](O)[C@@H](O)C(=O)CCCNC(=O)CSCC(N)C(=O)O)C(=O)O. The van der Waals surface area contributed by atoms with Gasteiger partial charge in [-0.05, 0) is 12.8 Å². The standard InChI is InChI=1S/C23H39N3O12S2/c1-12(22(35)36)8-39-9-13(27)4-2-7-26-21(34)20(33)19(32)18(31)17(30)15(28)5-3-6-25-16(29)11-40-10-14(24)23(37)38/h12,14,17-20,30-33H,2-11,24H2,1H3,(H,25,29)(H,26,34)(H,35,36)(H,37,38)/t12?,14?,17-,18+,19+,20-/m0/s1. The monoisotopic (exact) mass is 613 g/mol. The normalized spacial score (nSPS) is 15.7. The van der Waals surface area contributed by atoms with Crippen molar-refractivity contribution in [3.8, 4) is 0 Å². The van der Waals surface area contributed by atoms with Crippen molar-refractivity contribution in [3.63, 3.8) is 0 Å². The number of amides is 2. The molecule has 0 aromatic rings. The van der Waals surface area contributed by atoms with Crippen molar-refractivity contribution >= 4 is 58.8 Å². The number of carbonyl (C=O) groups excluding carboxylic acids is 4. The molecule has 0 aliphatic carbocycles. The number of aliphatic carboxylic acids is 2. The van der Waals surface area contributed by atoms with Crippen molar-refractivity contribution in [2.24, 2.45) is 11.7 Å². The van der Waals surface area contributed by atoms with Gasteiger partial charge in [0, 0.05) is 37.4 Å². The molecule has 0 spiro atoms. The van der Waals surface area contributed by atoms with Gasteiger partial charge < -0.3 is 47.0 Å². The summed E-state index contributed by atoms with van der Waals surface area (Å²) in [4.78, 5) is 69.0. The number of aliphatic hydroxyl groups is 4. The van der Waals surface area contributed by atoms with Gasteiger partial charge in [0.1, 0.15) is 30.1 Å². The van der Waals surface area contributed by atoms with E-state index in [0.29, 0.717) is 0 Å². The van der Waals surface area contributed by atoms with Crippen LogP contribution >= 0.6 is 23.5 Å². The minimum absolute atomic E-state index is 0.0352. The third-order valence-corrected chi connectivity index (χ3v) is 7.67. The van der Waals surface area contributed by atoms with Gasteiger partial charge in [0.05, 0.1) is 17.4 Å². The lowest BCUT2D eigenvalue weighted by Crippen LogP contribution is -2.52. The molecule has 0 bridgehead atoms. The molecular formula is C23H39N3O12S2. The lowest BCUT2D eigenvalue weighted by atomic mass is 9.97. The summed E-state index contributed by atoms with van der Waals surface area (Å²) in [6.45, 7) is 1.52. The molecule has 0 fully saturated rings. The molecule has 0 aliphatic heterocycles. The Labute approximate surface area is 239 Å². The number of carboxylic acid groups (broad SMARTS) is 2. The second-order valence-corrected chi connectivity index (χ2v) is 11.0. The highest BCUT2D eigenvalue weighted by Gasteiger charge is 2.36. The first-order valence-electron chi connectivity index (χ1n) is 12.4. The largest absolute Gasteiger partial charge is 0.481 e. The van der Waals surface area contributed by atoms with Crippen LogP contribution in [0.2, 0.25) is 0 Å². The van der Waals surface area contributed by atoms with Gasteiger partial charge in [-0.3, -0.25) is 28.8 Å². The second-order valence-electron chi connectivity index (χ2n) is 8.94. The quantitative estimate of drug-likeness (QED) is 0.0518. The number of nitrogens with two attached hydrogens (primary N) is 1. The van der Waals surface area contributed by atoms with Crippen LogP contribution in [0.4, 0.5) is 0 Å². The summed E-state index contributed by atoms with van der Waals surface area (Å²) < 4.78 is 0. The van der Waals surface area contributed by atoms with Crippen LogP contribution in [0.25, 0.3) is 0 Å². The molecular weight excluding hydrogens is 574 g/mol. The van der Waals surface area contributed by atoms with Crippen LogP contribution in [0.1, 0.15) is 32.6 Å². The smallest absolute Gasteiger partial charge is 0.321 e. The van der Waals surface area contributed by atoms with Gasteiger partial charge >= 0.3 is 11.9 Å². The molecule has 15 nitrogen and oxygen atoms in total. The Hall–Kier alpha value is -2.28. The maximum atomic E-state index is 12.1. The summed E-state index contributed by atoms with van der Waals surface area (Å²) in [5, 5.41) is 62.2. The first-order chi connectivity index (χ1) is 18.7. The molecule has 2 unspecified atom stereocenters. The number of aliphatic hydroxyl groups excluding tert-OH is 4. The topological polar surface area (TPSA) is 274 Å². The van der Waals surface area contributed by atoms with Gasteiger partial charge in [0.15, 0.2) is 11.9 Å². The van der Waals surface area contributed by atoms with Gasteiger partial charge in [0.2, 0.25) is 5.91 Å². The predicted molar refractivity (Wildman–Crippen MR) is 146 cm³/mol. The number of thioether (sulfide) groups is 2. The van der Waals surface area contributed by atoms with E-state index < -0.39 is 65.9 Å². The van der Waals surface area contributed by atoms with Crippen LogP contribution in [0.3, 0.4) is 0 Å². The van der Waals surface area contributed by atoms with Crippen LogP contribution in [-0.2, 0) is 28.8 Å². The molecule has 0 saturated carbocycles. The Morgan fingerprint density at radius 1 is 0.750 bits per heavy atom. The molecule has 10 N–H and O–H groups in total.